The van der Waals surface area contributed by atoms with Crippen molar-refractivity contribution in [2.45, 2.75) is 59.4 Å². The van der Waals surface area contributed by atoms with Crippen LogP contribution in [-0.4, -0.2) is 357 Å². The molecule has 0 rings (SSSR count). The summed E-state index contributed by atoms with van der Waals surface area (Å²) in [7, 11) is -39.9. The van der Waals surface area contributed by atoms with E-state index in [1.807, 2.05) is 0 Å². The second-order valence-electron chi connectivity index (χ2n) is 9.08. The van der Waals surface area contributed by atoms with Gasteiger partial charge < -0.3 is 154 Å². The molecule has 0 fully saturated rings. The first kappa shape index (κ1) is 160. The van der Waals surface area contributed by atoms with Gasteiger partial charge in [-0.2, -0.15) is 0 Å². The molecule has 0 amide bonds. The summed E-state index contributed by atoms with van der Waals surface area (Å²) in [5.41, 5.74) is 0. The van der Waals surface area contributed by atoms with Gasteiger partial charge >= 0.3 is 324 Å². The Morgan fingerprint density at radius 1 is 0.412 bits per heavy atom. The van der Waals surface area contributed by atoms with Crippen molar-refractivity contribution in [3.63, 3.8) is 0 Å². The van der Waals surface area contributed by atoms with Crippen molar-refractivity contribution >= 4 is 321 Å². The molecular weight excluding hydrogens is 1530 g/mol. The topological polar surface area (TPSA) is 723 Å². The molecule has 60 heteroatoms. The van der Waals surface area contributed by atoms with Gasteiger partial charge in [-0.05, 0) is 24.9 Å². The maximum atomic E-state index is 10.7. The molecule has 0 aromatic rings. The number of hydrogen-bond acceptors (Lipinski definition) is 30. The van der Waals surface area contributed by atoms with Gasteiger partial charge in [-0.25, -0.2) is 0 Å². The van der Waals surface area contributed by atoms with Crippen LogP contribution >= 0.6 is 94.3 Å². The summed E-state index contributed by atoms with van der Waals surface area (Å²) in [6.07, 6.45) is -5.71. The van der Waals surface area contributed by atoms with Crippen LogP contribution in [0.1, 0.15) is 62.3 Å². The largest absolute Gasteiger partial charge is 2.00 e. The van der Waals surface area contributed by atoms with Gasteiger partial charge in [0.15, 0.2) is 23.8 Å². The number of rotatable bonds is 21. The van der Waals surface area contributed by atoms with E-state index in [4.69, 9.17) is 64.7 Å². The van der Waals surface area contributed by atoms with E-state index >= 15 is 0 Å². The number of hydrogen-bond donors (Lipinski definition) is 10. The molecule has 0 radical (unpaired) electrons. The molecule has 0 aliphatic carbocycles. The molecule has 0 aromatic carbocycles. The Morgan fingerprint density at radius 3 is 0.675 bits per heavy atom. The SMILES string of the molecule is C.C.C.C.C.C.C.C.CO[O-].CO[O-].CO[O-].O=P(O)(O)CN(CP(=O)(O)O)CP(=O)(O)O.O=P(O)(O)CP([O-])N=[P+]([O-])CO[O-].O=P(O)(O)CP([O-])N=[P+]([O-])CO[O-].O=P([O-])([O-])CP([O-])N=[P+]([O-])CO[O-].[2HH].[2HH].[Ca+2].[Ca+2].[Ca+2].[Ca+2].[Ca+2].[Ca+2].[Na+].[Na+]. The summed E-state index contributed by atoms with van der Waals surface area (Å²) in [5, 5.41) is 53.5. The molecule has 0 spiro atoms. The monoisotopic (exact) mass is 1600 g/mol. The fourth-order valence-corrected chi connectivity index (χ4v) is 14.1. The summed E-state index contributed by atoms with van der Waals surface area (Å²) in [4.78, 5) is 187. The maximum Gasteiger partial charge on any atom is 2.00 e. The first-order chi connectivity index (χ1) is 28.6. The smallest absolute Gasteiger partial charge is 0.810 e. The average Bonchev–Trinajstić information content (AvgIpc) is 2.98. The van der Waals surface area contributed by atoms with E-state index in [1.54, 1.807) is 0 Å². The van der Waals surface area contributed by atoms with Gasteiger partial charge in [-0.1, -0.05) is 67.0 Å². The third kappa shape index (κ3) is 179. The summed E-state index contributed by atoms with van der Waals surface area (Å²) in [6, 6.07) is 0. The summed E-state index contributed by atoms with van der Waals surface area (Å²) in [5.74, 6) is -3.13. The zero-order valence-electron chi connectivity index (χ0n) is 37.8. The molecule has 0 heterocycles. The zero-order valence-corrected chi connectivity index (χ0v) is 65.8. The Kier molecular flexibility index (Phi) is 193. The average molecular weight is 1610 g/mol. The Balaban J connectivity index is -0.0000000204. The summed E-state index contributed by atoms with van der Waals surface area (Å²) < 4.78 is 71.0. The van der Waals surface area contributed by atoms with Crippen LogP contribution in [0.3, 0.4) is 0 Å². The molecule has 0 saturated carbocycles. The van der Waals surface area contributed by atoms with Gasteiger partial charge in [0, 0.05) is 30.1 Å². The van der Waals surface area contributed by atoms with Crippen molar-refractivity contribution in [1.29, 1.82) is 0 Å². The van der Waals surface area contributed by atoms with Crippen LogP contribution < -0.4 is 130 Å². The zero-order chi connectivity index (χ0) is 52.8. The second kappa shape index (κ2) is 96.7. The predicted molar refractivity (Wildman–Crippen MR) is 279 cm³/mol. The minimum Gasteiger partial charge on any atom is -0.810 e. The fraction of sp³-hybridized carbons (Fsp3) is 1.00. The van der Waals surface area contributed by atoms with Gasteiger partial charge in [-0.3, -0.25) is 27.7 Å². The first-order valence-electron chi connectivity index (χ1n) is 13.6. The quantitative estimate of drug-likeness (QED) is 0.0221. The van der Waals surface area contributed by atoms with E-state index in [0.29, 0.717) is 4.90 Å². The first-order valence-corrected chi connectivity index (χ1v) is 32.7. The van der Waals surface area contributed by atoms with Crippen LogP contribution in [0, 0.1) is 0 Å². The minimum atomic E-state index is -4.92. The Morgan fingerprint density at radius 2 is 0.562 bits per heavy atom. The molecule has 0 saturated heterocycles. The van der Waals surface area contributed by atoms with E-state index in [-0.39, 0.29) is 348 Å². The maximum absolute atomic E-state index is 10.7. The molecule has 0 aliphatic heterocycles. The van der Waals surface area contributed by atoms with Crippen molar-refractivity contribution in [2.24, 2.45) is 13.5 Å². The third-order valence-electron chi connectivity index (χ3n) is 3.15. The van der Waals surface area contributed by atoms with Crippen LogP contribution in [0.2, 0.25) is 0 Å². The van der Waals surface area contributed by atoms with Crippen molar-refractivity contribution in [2.75, 3.05) is 76.9 Å². The van der Waals surface area contributed by atoms with Crippen molar-refractivity contribution < 1.29 is 238 Å². The van der Waals surface area contributed by atoms with Crippen molar-refractivity contribution in [1.82, 2.24) is 4.90 Å². The minimum absolute atomic E-state index is 0. The number of nitrogens with zero attached hydrogens (tertiary/aromatic N) is 4. The molecule has 80 heavy (non-hydrogen) atoms. The molecular formula is C20H73Ca6N4Na2O36P12+3. The molecule has 6 unspecified atom stereocenters. The van der Waals surface area contributed by atoms with E-state index in [9.17, 15) is 82.3 Å². The molecule has 0 aromatic heterocycles. The van der Waals surface area contributed by atoms with E-state index < -0.39 is 150 Å². The van der Waals surface area contributed by atoms with Crippen molar-refractivity contribution in [3.05, 3.63) is 0 Å². The Hall–Kier alpha value is 11.3. The van der Waals surface area contributed by atoms with Gasteiger partial charge in [-0.15, -0.1) is 13.5 Å². The standard InChI is InChI=1S/C3H12NO9P3.3C2H7NO7P3.3CH4O2.8CH4.6Ca.2Na.2H2/c5-14(6,7)1-4(2-15(8,9)10)3-16(11,12)13;3*4-10-1-11(5)3-12(6)2-13(7,8)9;3*1-3-2;;;;;;;;;;;;;;;;;;/h1-3H2,(H2,5,6,7)(H2,8,9,10)(H2,11,12,13);3*4H,1-2H2,(H2,7,8,9);3*2H,1H3;8*1H4;;;;;;;;;2*1H/q;3*-1;;;;;;;;;;;;6*+2;2*+1;;/p-8/i;;;;;;;;;;;;;;;;;;;;;;;2*1+1. The molecule has 460 valence electrons. The van der Waals surface area contributed by atoms with Crippen LogP contribution in [0.5, 0.6) is 0 Å². The Labute approximate surface area is 701 Å². The normalized spacial score (nSPS) is 11.3. The fourth-order valence-electron chi connectivity index (χ4n) is 2.01. The van der Waals surface area contributed by atoms with Gasteiger partial charge in [0.1, 0.15) is 18.9 Å². The van der Waals surface area contributed by atoms with E-state index in [0.717, 1.165) is 21.3 Å². The van der Waals surface area contributed by atoms with Crippen molar-refractivity contribution in [3.8, 4) is 0 Å². The summed E-state index contributed by atoms with van der Waals surface area (Å²) >= 11 is 0. The summed E-state index contributed by atoms with van der Waals surface area (Å²) in [6.45, 7) is 0. The third-order valence-corrected chi connectivity index (χ3v) is 18.5. The molecule has 10 N–H and O–H groups in total. The van der Waals surface area contributed by atoms with E-state index in [1.165, 1.54) is 0 Å². The van der Waals surface area contributed by atoms with Crippen LogP contribution in [0.25, 0.3) is 0 Å². The predicted octanol–water partition coefficient (Wildman–Crippen LogP) is -14.6. The van der Waals surface area contributed by atoms with Gasteiger partial charge in [0.05, 0.1) is 11.8 Å². The molecule has 0 bridgehead atoms. The molecule has 6 atom stereocenters. The van der Waals surface area contributed by atoms with Crippen LogP contribution in [-0.2, 0) is 56.7 Å². The van der Waals surface area contributed by atoms with Gasteiger partial charge in [0.25, 0.3) is 0 Å². The van der Waals surface area contributed by atoms with Gasteiger partial charge in [0.2, 0.25) is 19.0 Å². The molecule has 0 aliphatic rings. The Bertz CT molecular complexity index is 1420. The van der Waals surface area contributed by atoms with Crippen LogP contribution in [0.4, 0.5) is 0 Å². The van der Waals surface area contributed by atoms with E-state index in [2.05, 4.69) is 42.9 Å². The van der Waals surface area contributed by atoms with Crippen LogP contribution in [0.15, 0.2) is 13.5 Å². The second-order valence-corrected chi connectivity index (χ2v) is 28.3. The molecule has 40 nitrogen and oxygen atoms in total.